The number of rotatable bonds is 6. The van der Waals surface area contributed by atoms with Crippen LogP contribution in [0.3, 0.4) is 0 Å². The van der Waals surface area contributed by atoms with Crippen LogP contribution >= 0.6 is 0 Å². The van der Waals surface area contributed by atoms with Crippen LogP contribution in [0.15, 0.2) is 42.9 Å². The van der Waals surface area contributed by atoms with Crippen LogP contribution in [0.5, 0.6) is 0 Å². The van der Waals surface area contributed by atoms with Crippen molar-refractivity contribution in [2.45, 2.75) is 57.6 Å². The monoisotopic (exact) mass is 487 g/mol. The number of aliphatic hydroxyl groups is 1. The number of nitrogens with zero attached hydrogens (tertiary/aromatic N) is 6. The first-order valence-corrected chi connectivity index (χ1v) is 12.1. The number of aryl methyl sites for hydroxylation is 2. The molecule has 1 saturated carbocycles. The summed E-state index contributed by atoms with van der Waals surface area (Å²) in [6.07, 6.45) is 6.87. The summed E-state index contributed by atoms with van der Waals surface area (Å²) in [5.41, 5.74) is 2.85. The topological polar surface area (TPSA) is 111 Å². The van der Waals surface area contributed by atoms with Crippen molar-refractivity contribution < 1.29 is 14.3 Å². The summed E-state index contributed by atoms with van der Waals surface area (Å²) in [6, 6.07) is 7.92. The van der Waals surface area contributed by atoms with E-state index in [1.165, 1.54) is 6.07 Å². The fraction of sp³-hybridized carbons (Fsp3) is 0.346. The minimum absolute atomic E-state index is 0.0815. The van der Waals surface area contributed by atoms with Crippen LogP contribution in [-0.2, 0) is 6.42 Å². The molecule has 0 bridgehead atoms. The first-order chi connectivity index (χ1) is 17.4. The second kappa shape index (κ2) is 8.63. The number of nitrogens with one attached hydrogen (secondary N) is 1. The molecule has 1 amide bonds. The molecule has 1 aliphatic carbocycles. The van der Waals surface area contributed by atoms with Crippen LogP contribution < -0.4 is 5.32 Å². The molecular formula is C26H26FN7O2. The molecule has 2 atom stereocenters. The second-order valence-corrected chi connectivity index (χ2v) is 9.62. The maximum Gasteiger partial charge on any atom is 0.259 e. The van der Waals surface area contributed by atoms with Crippen molar-refractivity contribution in [1.29, 1.82) is 0 Å². The summed E-state index contributed by atoms with van der Waals surface area (Å²) >= 11 is 0. The molecule has 1 fully saturated rings. The van der Waals surface area contributed by atoms with E-state index in [0.717, 1.165) is 37.2 Å². The molecule has 4 aromatic rings. The fourth-order valence-electron chi connectivity index (χ4n) is 4.87. The first kappa shape index (κ1) is 22.5. The number of carbonyl (C=O) groups is 1. The molecule has 1 aliphatic heterocycles. The number of benzene rings is 1. The van der Waals surface area contributed by atoms with E-state index in [1.807, 2.05) is 15.3 Å². The third-order valence-electron chi connectivity index (χ3n) is 6.95. The van der Waals surface area contributed by atoms with E-state index in [1.54, 1.807) is 44.4 Å². The van der Waals surface area contributed by atoms with Crippen molar-refractivity contribution in [2.24, 2.45) is 0 Å². The molecule has 6 rings (SSSR count). The molecule has 10 heteroatoms. The van der Waals surface area contributed by atoms with Gasteiger partial charge in [0.1, 0.15) is 23.2 Å². The number of aromatic nitrogens is 6. The Kier molecular flexibility index (Phi) is 5.40. The van der Waals surface area contributed by atoms with Gasteiger partial charge in [-0.2, -0.15) is 0 Å². The predicted octanol–water partition coefficient (Wildman–Crippen LogP) is 3.97. The minimum atomic E-state index is -0.609. The number of hydrogen-bond acceptors (Lipinski definition) is 6. The highest BCUT2D eigenvalue weighted by atomic mass is 19.1. The van der Waals surface area contributed by atoms with E-state index in [2.05, 4.69) is 25.5 Å². The van der Waals surface area contributed by atoms with Gasteiger partial charge in [-0.1, -0.05) is 6.07 Å². The van der Waals surface area contributed by atoms with Crippen molar-refractivity contribution in [2.75, 3.05) is 5.32 Å². The summed E-state index contributed by atoms with van der Waals surface area (Å²) < 4.78 is 18.6. The number of halogens is 1. The van der Waals surface area contributed by atoms with Crippen LogP contribution in [0.4, 0.5) is 10.2 Å². The Bertz CT molecular complexity index is 1470. The number of pyridine rings is 1. The van der Waals surface area contributed by atoms with Crippen molar-refractivity contribution >= 4 is 11.7 Å². The average Bonchev–Trinajstić information content (AvgIpc) is 3.24. The Morgan fingerprint density at radius 3 is 2.83 bits per heavy atom. The highest BCUT2D eigenvalue weighted by Crippen LogP contribution is 2.39. The molecule has 0 saturated heterocycles. The van der Waals surface area contributed by atoms with Gasteiger partial charge in [0.05, 0.1) is 35.4 Å². The Morgan fingerprint density at radius 1 is 1.22 bits per heavy atom. The summed E-state index contributed by atoms with van der Waals surface area (Å²) in [4.78, 5) is 22.1. The quantitative estimate of drug-likeness (QED) is 0.426. The minimum Gasteiger partial charge on any atom is -0.391 e. The highest BCUT2D eigenvalue weighted by molar-refractivity contribution is 6.04. The molecule has 4 heterocycles. The molecule has 184 valence electrons. The van der Waals surface area contributed by atoms with Crippen molar-refractivity contribution in [3.63, 3.8) is 0 Å². The first-order valence-electron chi connectivity index (χ1n) is 12.1. The van der Waals surface area contributed by atoms with Crippen LogP contribution in [0.25, 0.3) is 17.2 Å². The number of imidazole rings is 1. The Balaban J connectivity index is 1.28. The third kappa shape index (κ3) is 3.97. The Hall–Kier alpha value is -3.92. The molecule has 0 spiro atoms. The number of anilines is 1. The number of hydrogen-bond donors (Lipinski definition) is 2. The van der Waals surface area contributed by atoms with Gasteiger partial charge in [-0.25, -0.2) is 14.4 Å². The van der Waals surface area contributed by atoms with Crippen LogP contribution in [0.2, 0.25) is 0 Å². The molecule has 0 radical (unpaired) electrons. The van der Waals surface area contributed by atoms with Gasteiger partial charge in [0.15, 0.2) is 5.82 Å². The van der Waals surface area contributed by atoms with Gasteiger partial charge in [-0.15, -0.1) is 10.2 Å². The predicted molar refractivity (Wildman–Crippen MR) is 130 cm³/mol. The van der Waals surface area contributed by atoms with Crippen molar-refractivity contribution in [1.82, 2.24) is 29.3 Å². The SMILES string of the molecule is Cc1cc(F)c(C(=O)Nc2cccc(-c3nnc4n3[C@@H]([C@@H](C)O)CC4)n2)cc1-n1cnc(C2CC2)c1. The normalized spacial score (nSPS) is 17.7. The van der Waals surface area contributed by atoms with Gasteiger partial charge in [0.25, 0.3) is 5.91 Å². The Labute approximate surface area is 207 Å². The third-order valence-corrected chi connectivity index (χ3v) is 6.95. The Morgan fingerprint density at radius 2 is 2.06 bits per heavy atom. The lowest BCUT2D eigenvalue weighted by molar-refractivity contribution is 0.102. The van der Waals surface area contributed by atoms with Crippen LogP contribution in [0, 0.1) is 12.7 Å². The van der Waals surface area contributed by atoms with Gasteiger partial charge in [0.2, 0.25) is 0 Å². The van der Waals surface area contributed by atoms with Gasteiger partial charge in [0, 0.05) is 18.5 Å². The van der Waals surface area contributed by atoms with Gasteiger partial charge in [-0.05, 0) is 62.9 Å². The molecule has 36 heavy (non-hydrogen) atoms. The average molecular weight is 488 g/mol. The van der Waals surface area contributed by atoms with Crippen molar-refractivity contribution in [3.05, 3.63) is 71.3 Å². The van der Waals surface area contributed by atoms with Gasteiger partial charge < -0.3 is 19.6 Å². The number of amides is 1. The summed E-state index contributed by atoms with van der Waals surface area (Å²) in [5, 5.41) is 21.4. The molecule has 0 unspecified atom stereocenters. The summed E-state index contributed by atoms with van der Waals surface area (Å²) in [5.74, 6) is 0.875. The zero-order valence-corrected chi connectivity index (χ0v) is 20.0. The van der Waals surface area contributed by atoms with E-state index in [9.17, 15) is 14.3 Å². The lowest BCUT2D eigenvalue weighted by Gasteiger charge is -2.17. The van der Waals surface area contributed by atoms with E-state index in [0.29, 0.717) is 28.7 Å². The van der Waals surface area contributed by atoms with E-state index in [-0.39, 0.29) is 17.4 Å². The van der Waals surface area contributed by atoms with Gasteiger partial charge >= 0.3 is 0 Å². The molecule has 2 aliphatic rings. The van der Waals surface area contributed by atoms with Crippen LogP contribution in [0.1, 0.15) is 65.6 Å². The van der Waals surface area contributed by atoms with E-state index in [4.69, 9.17) is 0 Å². The smallest absolute Gasteiger partial charge is 0.259 e. The largest absolute Gasteiger partial charge is 0.391 e. The molecule has 1 aromatic carbocycles. The maximum atomic E-state index is 14.9. The number of aliphatic hydroxyl groups excluding tert-OH is 1. The van der Waals surface area contributed by atoms with Crippen LogP contribution in [-0.4, -0.2) is 46.4 Å². The summed E-state index contributed by atoms with van der Waals surface area (Å²) in [7, 11) is 0. The lowest BCUT2D eigenvalue weighted by atomic mass is 10.1. The zero-order valence-electron chi connectivity index (χ0n) is 20.0. The van der Waals surface area contributed by atoms with E-state index >= 15 is 0 Å². The molecule has 9 nitrogen and oxygen atoms in total. The van der Waals surface area contributed by atoms with Gasteiger partial charge in [-0.3, -0.25) is 4.79 Å². The molecular weight excluding hydrogens is 461 g/mol. The van der Waals surface area contributed by atoms with Crippen molar-refractivity contribution in [3.8, 4) is 17.2 Å². The fourth-order valence-corrected chi connectivity index (χ4v) is 4.87. The highest BCUT2D eigenvalue weighted by Gasteiger charge is 2.31. The maximum absolute atomic E-state index is 14.9. The molecule has 3 aromatic heterocycles. The molecule has 2 N–H and O–H groups in total. The number of fused-ring (bicyclic) bond motifs is 1. The lowest BCUT2D eigenvalue weighted by Crippen LogP contribution is -2.19. The second-order valence-electron chi connectivity index (χ2n) is 9.62. The zero-order chi connectivity index (χ0) is 25.0. The van der Waals surface area contributed by atoms with E-state index < -0.39 is 17.8 Å². The summed E-state index contributed by atoms with van der Waals surface area (Å²) in [6.45, 7) is 3.55. The standard InChI is InChI=1S/C26H26FN7O2/c1-14-10-18(27)17(11-22(14)33-12-20(28-13-33)16-6-7-16)26(36)30-23-5-3-4-19(29-23)25-32-31-24-9-8-21(15(2)35)34(24)25/h3-5,10-13,15-16,21,35H,6-9H2,1-2H3,(H,29,30,36)/t15-,21-/m1/s1. The number of carbonyl (C=O) groups excluding carboxylic acids is 1.